The van der Waals surface area contributed by atoms with E-state index in [-0.39, 0.29) is 5.91 Å². The highest BCUT2D eigenvalue weighted by atomic mass is 16.6. The number of unbranched alkanes of at least 4 members (excludes halogenated alkanes) is 2. The van der Waals surface area contributed by atoms with Gasteiger partial charge in [0.2, 0.25) is 16.9 Å². The van der Waals surface area contributed by atoms with Gasteiger partial charge in [-0.15, -0.1) is 0 Å². The van der Waals surface area contributed by atoms with Crippen LogP contribution in [0.25, 0.3) is 21.8 Å². The predicted octanol–water partition coefficient (Wildman–Crippen LogP) is 4.61. The van der Waals surface area contributed by atoms with Crippen LogP contribution in [0.5, 0.6) is 0 Å². The smallest absolute Gasteiger partial charge is 0.407 e. The predicted molar refractivity (Wildman–Crippen MR) is 156 cm³/mol. The molecule has 38 heavy (non-hydrogen) atoms. The third kappa shape index (κ3) is 8.23. The van der Waals surface area contributed by atoms with E-state index in [1.807, 2.05) is 20.8 Å². The van der Waals surface area contributed by atoms with Crippen molar-refractivity contribution in [2.45, 2.75) is 58.6 Å². The fourth-order valence-electron chi connectivity index (χ4n) is 4.37. The second kappa shape index (κ2) is 12.8. The summed E-state index contributed by atoms with van der Waals surface area (Å²) in [6, 6.07) is 15.5. The van der Waals surface area contributed by atoms with Crippen LogP contribution in [-0.4, -0.2) is 58.9 Å². The van der Waals surface area contributed by atoms with Crippen molar-refractivity contribution in [3.05, 3.63) is 42.5 Å². The van der Waals surface area contributed by atoms with E-state index in [0.717, 1.165) is 25.8 Å². The van der Waals surface area contributed by atoms with Crippen LogP contribution in [0.15, 0.2) is 42.5 Å². The van der Waals surface area contributed by atoms with Gasteiger partial charge >= 0.3 is 6.09 Å². The number of anilines is 2. The highest BCUT2D eigenvalue weighted by Gasteiger charge is 2.18. The minimum Gasteiger partial charge on any atom is -0.444 e. The van der Waals surface area contributed by atoms with Crippen molar-refractivity contribution in [1.82, 2.24) is 10.6 Å². The highest BCUT2D eigenvalue weighted by Crippen LogP contribution is 2.25. The lowest BCUT2D eigenvalue weighted by atomic mass is 10.1. The van der Waals surface area contributed by atoms with Gasteiger partial charge in [-0.05, 0) is 63.9 Å². The second-order valence-corrected chi connectivity index (χ2v) is 11.2. The van der Waals surface area contributed by atoms with Crippen LogP contribution in [0.1, 0.15) is 46.5 Å². The number of carbonyl (C=O) groups excluding carboxylic acids is 2. The maximum atomic E-state index is 12.2. The Morgan fingerprint density at radius 1 is 0.789 bits per heavy atom. The first-order valence-electron chi connectivity index (χ1n) is 13.4. The van der Waals surface area contributed by atoms with Crippen LogP contribution in [0.4, 0.5) is 16.2 Å². The SMILES string of the molecule is CN(C)c1ccc2cc3ccc(N(C)C)cc3[n+](CCCCCC(=O)NCCNC(=O)OC(C)(C)C)c2c1. The van der Waals surface area contributed by atoms with Crippen LogP contribution >= 0.6 is 0 Å². The van der Waals surface area contributed by atoms with Gasteiger partial charge in [0.1, 0.15) is 12.1 Å². The molecule has 1 heterocycles. The Labute approximate surface area is 226 Å². The molecule has 2 aromatic carbocycles. The van der Waals surface area contributed by atoms with Crippen molar-refractivity contribution < 1.29 is 18.9 Å². The first kappa shape index (κ1) is 29.0. The summed E-state index contributed by atoms with van der Waals surface area (Å²) >= 11 is 0. The lowest BCUT2D eigenvalue weighted by Gasteiger charge is -2.19. The third-order valence-electron chi connectivity index (χ3n) is 6.35. The summed E-state index contributed by atoms with van der Waals surface area (Å²) in [6.45, 7) is 7.06. The van der Waals surface area contributed by atoms with Crippen LogP contribution in [0.2, 0.25) is 0 Å². The molecule has 0 fully saturated rings. The fourth-order valence-corrected chi connectivity index (χ4v) is 4.37. The van der Waals surface area contributed by atoms with Crippen molar-refractivity contribution in [3.8, 4) is 0 Å². The summed E-state index contributed by atoms with van der Waals surface area (Å²) in [4.78, 5) is 28.2. The maximum absolute atomic E-state index is 12.2. The zero-order chi connectivity index (χ0) is 27.9. The standard InChI is InChI=1S/C30H43N5O3/c1-30(2,3)38-29(37)32-17-16-31-28(36)11-9-8-10-18-35-26-20-24(33(4)5)14-12-22(26)19-23-13-15-25(34(6)7)21-27(23)35/h12-15,19-21H,8-11,16-18H2,1-7H3,(H-,31,32,36,37)/p+1. The second-order valence-electron chi connectivity index (χ2n) is 11.2. The van der Waals surface area contributed by atoms with Gasteiger partial charge < -0.3 is 25.2 Å². The van der Waals surface area contributed by atoms with Crippen molar-refractivity contribution in [2.24, 2.45) is 0 Å². The molecule has 0 unspecified atom stereocenters. The van der Waals surface area contributed by atoms with E-state index in [2.05, 4.69) is 95.7 Å². The van der Waals surface area contributed by atoms with Crippen molar-refractivity contribution >= 4 is 45.2 Å². The number of aromatic nitrogens is 1. The van der Waals surface area contributed by atoms with E-state index < -0.39 is 11.7 Å². The van der Waals surface area contributed by atoms with E-state index in [1.54, 1.807) is 0 Å². The third-order valence-corrected chi connectivity index (χ3v) is 6.35. The lowest BCUT2D eigenvalue weighted by molar-refractivity contribution is -0.645. The summed E-state index contributed by atoms with van der Waals surface area (Å²) < 4.78 is 7.62. The summed E-state index contributed by atoms with van der Waals surface area (Å²) in [7, 11) is 8.26. The maximum Gasteiger partial charge on any atom is 0.407 e. The number of nitrogens with one attached hydrogen (secondary N) is 2. The Kier molecular flexibility index (Phi) is 9.78. The summed E-state index contributed by atoms with van der Waals surface area (Å²) in [6.07, 6.45) is 2.75. The van der Waals surface area contributed by atoms with Crippen LogP contribution < -0.4 is 25.0 Å². The monoisotopic (exact) mass is 522 g/mol. The topological polar surface area (TPSA) is 77.8 Å². The minimum absolute atomic E-state index is 0.00509. The van der Waals surface area contributed by atoms with E-state index in [0.29, 0.717) is 19.5 Å². The van der Waals surface area contributed by atoms with Crippen molar-refractivity contribution in [1.29, 1.82) is 0 Å². The number of ether oxygens (including phenoxy) is 1. The number of pyridine rings is 1. The Morgan fingerprint density at radius 2 is 1.34 bits per heavy atom. The highest BCUT2D eigenvalue weighted by molar-refractivity contribution is 5.91. The Hall–Kier alpha value is -3.55. The average molecular weight is 523 g/mol. The Morgan fingerprint density at radius 3 is 1.87 bits per heavy atom. The molecule has 0 atom stereocenters. The largest absolute Gasteiger partial charge is 0.444 e. The number of hydrogen-bond acceptors (Lipinski definition) is 5. The molecule has 3 rings (SSSR count). The number of rotatable bonds is 11. The molecule has 0 bridgehead atoms. The summed E-state index contributed by atoms with van der Waals surface area (Å²) in [5.74, 6) is 0.00509. The number of aryl methyl sites for hydroxylation is 1. The molecule has 0 saturated carbocycles. The van der Waals surface area contributed by atoms with Crippen LogP contribution in [0.3, 0.4) is 0 Å². The molecule has 8 heteroatoms. The lowest BCUT2D eigenvalue weighted by Crippen LogP contribution is -2.37. The number of fused-ring (bicyclic) bond motifs is 2. The van der Waals surface area contributed by atoms with Crippen LogP contribution in [0, 0.1) is 0 Å². The quantitative estimate of drug-likeness (QED) is 0.218. The molecule has 1 aromatic heterocycles. The summed E-state index contributed by atoms with van der Waals surface area (Å²) in [5.41, 5.74) is 4.25. The molecule has 8 nitrogen and oxygen atoms in total. The van der Waals surface area contributed by atoms with E-state index in [4.69, 9.17) is 4.74 Å². The molecule has 2 amide bonds. The van der Waals surface area contributed by atoms with E-state index in [1.165, 1.54) is 33.2 Å². The number of nitrogens with zero attached hydrogens (tertiary/aromatic N) is 3. The molecular weight excluding hydrogens is 478 g/mol. The number of hydrogen-bond donors (Lipinski definition) is 2. The molecule has 0 aliphatic heterocycles. The van der Waals surface area contributed by atoms with Gasteiger partial charge in [0.05, 0.1) is 0 Å². The number of alkyl carbamates (subject to hydrolysis) is 1. The number of benzene rings is 2. The molecule has 206 valence electrons. The van der Waals surface area contributed by atoms with Gasteiger partial charge in [0.15, 0.2) is 0 Å². The fraction of sp³-hybridized carbons (Fsp3) is 0.500. The Bertz CT molecular complexity index is 1200. The zero-order valence-corrected chi connectivity index (χ0v) is 24.1. The van der Waals surface area contributed by atoms with E-state index in [9.17, 15) is 9.59 Å². The first-order chi connectivity index (χ1) is 17.9. The Balaban J connectivity index is 1.58. The molecule has 0 saturated heterocycles. The molecule has 0 radical (unpaired) electrons. The van der Waals surface area contributed by atoms with Gasteiger partial charge in [0, 0.05) is 88.4 Å². The van der Waals surface area contributed by atoms with Gasteiger partial charge in [0.25, 0.3) is 0 Å². The molecule has 3 aromatic rings. The van der Waals surface area contributed by atoms with Crippen LogP contribution in [-0.2, 0) is 16.1 Å². The minimum atomic E-state index is -0.535. The molecule has 0 aliphatic rings. The molecule has 0 spiro atoms. The van der Waals surface area contributed by atoms with Gasteiger partial charge in [-0.3, -0.25) is 4.79 Å². The average Bonchev–Trinajstić information content (AvgIpc) is 2.84. The molecule has 2 N–H and O–H groups in total. The zero-order valence-electron chi connectivity index (χ0n) is 24.1. The molecular formula is C30H44N5O3+. The number of amides is 2. The first-order valence-corrected chi connectivity index (χ1v) is 13.4. The van der Waals surface area contributed by atoms with Gasteiger partial charge in [-0.2, -0.15) is 4.57 Å². The van der Waals surface area contributed by atoms with Crippen molar-refractivity contribution in [2.75, 3.05) is 51.1 Å². The molecule has 0 aliphatic carbocycles. The van der Waals surface area contributed by atoms with Crippen molar-refractivity contribution in [3.63, 3.8) is 0 Å². The van der Waals surface area contributed by atoms with Gasteiger partial charge in [-0.1, -0.05) is 0 Å². The van der Waals surface area contributed by atoms with Gasteiger partial charge in [-0.25, -0.2) is 4.79 Å². The summed E-state index contributed by atoms with van der Waals surface area (Å²) in [5, 5.41) is 7.97. The normalized spacial score (nSPS) is 11.4. The van der Waals surface area contributed by atoms with E-state index >= 15 is 0 Å². The number of carbonyl (C=O) groups is 2.